The minimum absolute atomic E-state index is 0.208. The van der Waals surface area contributed by atoms with Gasteiger partial charge in [-0.25, -0.2) is 9.59 Å². The topological polar surface area (TPSA) is 87.1 Å². The number of hydroxylamine groups is 2. The maximum atomic E-state index is 9.79. The molecule has 52 valence electrons. The predicted octanol–water partition coefficient (Wildman–Crippen LogP) is 0.206. The molecule has 6 nitrogen and oxygen atoms in total. The van der Waals surface area contributed by atoms with Crippen molar-refractivity contribution in [1.29, 1.82) is 0 Å². The number of nitrogens with zero attached hydrogens (tertiary/aromatic N) is 1. The fourth-order valence-corrected chi connectivity index (χ4v) is 0.238. The summed E-state index contributed by atoms with van der Waals surface area (Å²) in [5.41, 5.74) is 0. The zero-order valence-electron chi connectivity index (χ0n) is 4.57. The Bertz CT molecular complexity index is 118. The largest absolute Gasteiger partial charge is 0.463 e. The zero-order chi connectivity index (χ0) is 7.44. The van der Waals surface area contributed by atoms with Gasteiger partial charge in [-0.3, -0.25) is 4.84 Å². The molecule has 0 saturated heterocycles. The van der Waals surface area contributed by atoms with Crippen molar-refractivity contribution < 1.29 is 24.6 Å². The number of carboxylic acid groups (broad SMARTS) is 2. The molecule has 0 aliphatic rings. The number of hydrogen-bond donors (Lipinski definition) is 2. The van der Waals surface area contributed by atoms with Gasteiger partial charge in [0.05, 0.1) is 7.11 Å². The lowest BCUT2D eigenvalue weighted by Gasteiger charge is -2.07. The summed E-state index contributed by atoms with van der Waals surface area (Å²) in [5, 5.41) is 15.7. The Labute approximate surface area is 50.2 Å². The van der Waals surface area contributed by atoms with E-state index in [0.29, 0.717) is 0 Å². The first-order valence-electron chi connectivity index (χ1n) is 1.89. The third-order valence-corrected chi connectivity index (χ3v) is 0.530. The smallest absolute Gasteiger partial charge is 0.441 e. The molecule has 0 aromatic rings. The van der Waals surface area contributed by atoms with E-state index in [4.69, 9.17) is 10.2 Å². The Morgan fingerprint density at radius 3 is 1.67 bits per heavy atom. The van der Waals surface area contributed by atoms with Gasteiger partial charge in [-0.1, -0.05) is 5.06 Å². The maximum absolute atomic E-state index is 9.79. The summed E-state index contributed by atoms with van der Waals surface area (Å²) in [7, 11) is 0.947. The Balaban J connectivity index is 3.99. The van der Waals surface area contributed by atoms with E-state index < -0.39 is 12.2 Å². The van der Waals surface area contributed by atoms with Crippen LogP contribution < -0.4 is 0 Å². The number of carbonyl (C=O) groups is 2. The highest BCUT2D eigenvalue weighted by Gasteiger charge is 2.18. The molecule has 2 N–H and O–H groups in total. The molecule has 0 saturated carbocycles. The van der Waals surface area contributed by atoms with Crippen molar-refractivity contribution in [1.82, 2.24) is 5.06 Å². The Morgan fingerprint density at radius 2 is 1.67 bits per heavy atom. The predicted molar refractivity (Wildman–Crippen MR) is 24.9 cm³/mol. The minimum atomic E-state index is -1.66. The van der Waals surface area contributed by atoms with Crippen LogP contribution in [0.4, 0.5) is 9.59 Å². The molecule has 6 heteroatoms. The summed E-state index contributed by atoms with van der Waals surface area (Å²) in [4.78, 5) is 23.5. The summed E-state index contributed by atoms with van der Waals surface area (Å²) in [6, 6.07) is 0. The SMILES string of the molecule is CON(C(=O)O)C(=O)O. The lowest BCUT2D eigenvalue weighted by Crippen LogP contribution is -2.33. The normalized spacial score (nSPS) is 8.56. The van der Waals surface area contributed by atoms with Crippen LogP contribution in [0, 0.1) is 0 Å². The summed E-state index contributed by atoms with van der Waals surface area (Å²) in [5.74, 6) is 0. The Morgan fingerprint density at radius 1 is 1.33 bits per heavy atom. The standard InChI is InChI=1S/C3H5NO5/c1-9-4(2(5)6)3(7)8/h1H3,(H,5,6)(H,7,8). The second kappa shape index (κ2) is 2.88. The van der Waals surface area contributed by atoms with Crippen molar-refractivity contribution in [3.8, 4) is 0 Å². The van der Waals surface area contributed by atoms with E-state index in [-0.39, 0.29) is 5.06 Å². The van der Waals surface area contributed by atoms with E-state index in [1.54, 1.807) is 0 Å². The van der Waals surface area contributed by atoms with Gasteiger partial charge in [-0.15, -0.1) is 0 Å². The molecule has 0 atom stereocenters. The van der Waals surface area contributed by atoms with Crippen LogP contribution in [0.1, 0.15) is 0 Å². The number of imide groups is 1. The quantitative estimate of drug-likeness (QED) is 0.501. The lowest BCUT2D eigenvalue weighted by atomic mass is 11.0. The Kier molecular flexibility index (Phi) is 2.46. The molecular weight excluding hydrogens is 130 g/mol. The first kappa shape index (κ1) is 7.70. The Hall–Kier alpha value is -1.30. The fraction of sp³-hybridized carbons (Fsp3) is 0.333. The van der Waals surface area contributed by atoms with E-state index in [1.807, 2.05) is 0 Å². The number of amides is 2. The van der Waals surface area contributed by atoms with Crippen LogP contribution in [0.25, 0.3) is 0 Å². The van der Waals surface area contributed by atoms with E-state index in [9.17, 15) is 9.59 Å². The van der Waals surface area contributed by atoms with E-state index >= 15 is 0 Å². The van der Waals surface area contributed by atoms with Crippen LogP contribution >= 0.6 is 0 Å². The summed E-state index contributed by atoms with van der Waals surface area (Å²) in [6.45, 7) is 0. The third-order valence-electron chi connectivity index (χ3n) is 0.530. The molecule has 0 unspecified atom stereocenters. The van der Waals surface area contributed by atoms with Crippen molar-refractivity contribution in [2.45, 2.75) is 0 Å². The molecule has 0 bridgehead atoms. The summed E-state index contributed by atoms with van der Waals surface area (Å²) >= 11 is 0. The van der Waals surface area contributed by atoms with Gasteiger partial charge in [0.2, 0.25) is 0 Å². The molecule has 0 aromatic carbocycles. The molecule has 2 amide bonds. The van der Waals surface area contributed by atoms with Gasteiger partial charge in [0.25, 0.3) is 0 Å². The molecular formula is C3H5NO5. The first-order valence-corrected chi connectivity index (χ1v) is 1.89. The van der Waals surface area contributed by atoms with Crippen molar-refractivity contribution in [2.75, 3.05) is 7.11 Å². The molecule has 0 spiro atoms. The van der Waals surface area contributed by atoms with Gasteiger partial charge >= 0.3 is 12.2 Å². The van der Waals surface area contributed by atoms with Gasteiger partial charge in [0.1, 0.15) is 0 Å². The molecule has 0 fully saturated rings. The summed E-state index contributed by atoms with van der Waals surface area (Å²) < 4.78 is 0. The van der Waals surface area contributed by atoms with Crippen molar-refractivity contribution in [3.05, 3.63) is 0 Å². The number of hydrogen-bond acceptors (Lipinski definition) is 3. The van der Waals surface area contributed by atoms with Crippen LogP contribution in [-0.2, 0) is 4.84 Å². The molecule has 0 aromatic heterocycles. The maximum Gasteiger partial charge on any atom is 0.441 e. The zero-order valence-corrected chi connectivity index (χ0v) is 4.57. The van der Waals surface area contributed by atoms with Crippen molar-refractivity contribution in [2.24, 2.45) is 0 Å². The highest BCUT2D eigenvalue weighted by Crippen LogP contribution is 1.88. The van der Waals surface area contributed by atoms with Gasteiger partial charge < -0.3 is 10.2 Å². The van der Waals surface area contributed by atoms with Crippen molar-refractivity contribution in [3.63, 3.8) is 0 Å². The van der Waals surface area contributed by atoms with Gasteiger partial charge in [-0.2, -0.15) is 0 Å². The molecule has 0 radical (unpaired) electrons. The molecule has 9 heavy (non-hydrogen) atoms. The molecule has 0 rings (SSSR count). The van der Waals surface area contributed by atoms with Gasteiger partial charge in [0.15, 0.2) is 0 Å². The third kappa shape index (κ3) is 1.96. The van der Waals surface area contributed by atoms with Gasteiger partial charge in [0, 0.05) is 0 Å². The van der Waals surface area contributed by atoms with Crippen LogP contribution in [0.2, 0.25) is 0 Å². The van der Waals surface area contributed by atoms with Gasteiger partial charge in [-0.05, 0) is 0 Å². The fourth-order valence-electron chi connectivity index (χ4n) is 0.238. The highest BCUT2D eigenvalue weighted by molar-refractivity contribution is 5.83. The molecule has 0 aliphatic heterocycles. The van der Waals surface area contributed by atoms with Crippen LogP contribution in [0.3, 0.4) is 0 Å². The van der Waals surface area contributed by atoms with E-state index in [0.717, 1.165) is 7.11 Å². The minimum Gasteiger partial charge on any atom is -0.463 e. The average Bonchev–Trinajstić information content (AvgIpc) is 1.64. The van der Waals surface area contributed by atoms with Crippen LogP contribution in [0.15, 0.2) is 0 Å². The molecule has 0 aliphatic carbocycles. The van der Waals surface area contributed by atoms with E-state index in [1.165, 1.54) is 0 Å². The van der Waals surface area contributed by atoms with E-state index in [2.05, 4.69) is 4.84 Å². The number of rotatable bonds is 1. The molecule has 0 heterocycles. The van der Waals surface area contributed by atoms with Crippen LogP contribution in [-0.4, -0.2) is 34.6 Å². The second-order valence-electron chi connectivity index (χ2n) is 1.04. The van der Waals surface area contributed by atoms with Crippen molar-refractivity contribution >= 4 is 12.2 Å². The first-order chi connectivity index (χ1) is 4.09. The average molecular weight is 135 g/mol. The lowest BCUT2D eigenvalue weighted by molar-refractivity contribution is -0.0786. The summed E-state index contributed by atoms with van der Waals surface area (Å²) in [6.07, 6.45) is -3.32. The monoisotopic (exact) mass is 135 g/mol. The highest BCUT2D eigenvalue weighted by atomic mass is 16.7. The van der Waals surface area contributed by atoms with Crippen LogP contribution in [0.5, 0.6) is 0 Å². The second-order valence-corrected chi connectivity index (χ2v) is 1.04.